The summed E-state index contributed by atoms with van der Waals surface area (Å²) < 4.78 is 17.0. The maximum absolute atomic E-state index is 12.7. The van der Waals surface area contributed by atoms with Crippen LogP contribution in [0.15, 0.2) is 36.4 Å². The van der Waals surface area contributed by atoms with Gasteiger partial charge in [0.2, 0.25) is 6.29 Å². The second-order valence-corrected chi connectivity index (χ2v) is 7.68. The molecule has 31 heavy (non-hydrogen) atoms. The van der Waals surface area contributed by atoms with E-state index in [4.69, 9.17) is 14.2 Å². The number of benzene rings is 2. The van der Waals surface area contributed by atoms with Gasteiger partial charge in [-0.2, -0.15) is 0 Å². The Morgan fingerprint density at radius 2 is 1.81 bits per heavy atom. The highest BCUT2D eigenvalue weighted by molar-refractivity contribution is 6.03. The van der Waals surface area contributed by atoms with E-state index < -0.39 is 43.4 Å². The molecule has 2 aromatic carbocycles. The summed E-state index contributed by atoms with van der Waals surface area (Å²) in [4.78, 5) is 12.7. The van der Waals surface area contributed by atoms with Gasteiger partial charge in [0.1, 0.15) is 53.3 Å². The third-order valence-electron chi connectivity index (χ3n) is 5.65. The van der Waals surface area contributed by atoms with Crippen molar-refractivity contribution in [3.63, 3.8) is 0 Å². The van der Waals surface area contributed by atoms with Crippen molar-refractivity contribution in [1.29, 1.82) is 0 Å². The van der Waals surface area contributed by atoms with Crippen molar-refractivity contribution in [1.82, 2.24) is 0 Å². The Morgan fingerprint density at radius 1 is 1.10 bits per heavy atom. The Kier molecular flexibility index (Phi) is 5.87. The molecule has 2 aromatic rings. The van der Waals surface area contributed by atoms with E-state index in [2.05, 4.69) is 0 Å². The number of rotatable bonds is 4. The minimum absolute atomic E-state index is 0.0471. The molecule has 2 aliphatic heterocycles. The topological polar surface area (TPSA) is 146 Å². The first-order chi connectivity index (χ1) is 14.8. The number of Topliss-reactive ketones (excluding diaryl/α,β-unsaturated/α-hetero) is 1. The quantitative estimate of drug-likeness (QED) is 0.468. The van der Waals surface area contributed by atoms with Crippen molar-refractivity contribution in [3.8, 4) is 17.2 Å². The van der Waals surface area contributed by atoms with Crippen LogP contribution in [0.2, 0.25) is 0 Å². The molecule has 5 N–H and O–H groups in total. The number of aliphatic hydroxyl groups excluding tert-OH is 4. The SMILES string of the molecule is Cc1c(O[C@@H]2O[C@H](CO)[C@H](O)[C@H](O)[C@H]2O)cc2c(c1O)C(=O)C[C@@H](c1ccccc1)O2. The summed E-state index contributed by atoms with van der Waals surface area (Å²) in [7, 11) is 0. The number of carbonyl (C=O) groups is 1. The minimum atomic E-state index is -1.62. The van der Waals surface area contributed by atoms with Gasteiger partial charge in [-0.3, -0.25) is 4.79 Å². The van der Waals surface area contributed by atoms with Crippen LogP contribution in [0.25, 0.3) is 0 Å². The maximum Gasteiger partial charge on any atom is 0.229 e. The lowest BCUT2D eigenvalue weighted by atomic mass is 9.94. The van der Waals surface area contributed by atoms with Crippen LogP contribution in [-0.4, -0.2) is 68.6 Å². The van der Waals surface area contributed by atoms with Gasteiger partial charge < -0.3 is 39.7 Å². The second-order valence-electron chi connectivity index (χ2n) is 7.68. The Morgan fingerprint density at radius 3 is 2.48 bits per heavy atom. The predicted octanol–water partition coefficient (Wildman–Crippen LogP) is 0.586. The van der Waals surface area contributed by atoms with E-state index >= 15 is 0 Å². The van der Waals surface area contributed by atoms with Crippen LogP contribution in [0.4, 0.5) is 0 Å². The summed E-state index contributed by atoms with van der Waals surface area (Å²) in [5.74, 6) is -0.418. The molecule has 0 saturated carbocycles. The van der Waals surface area contributed by atoms with Crippen LogP contribution in [0.3, 0.4) is 0 Å². The molecule has 4 rings (SSSR count). The van der Waals surface area contributed by atoms with Crippen LogP contribution in [0.5, 0.6) is 17.2 Å². The van der Waals surface area contributed by atoms with Crippen molar-refractivity contribution in [3.05, 3.63) is 53.1 Å². The highest BCUT2D eigenvalue weighted by atomic mass is 16.7. The van der Waals surface area contributed by atoms with E-state index in [9.17, 15) is 30.3 Å². The number of aromatic hydroxyl groups is 1. The first-order valence-electron chi connectivity index (χ1n) is 9.90. The summed E-state index contributed by atoms with van der Waals surface area (Å²) >= 11 is 0. The summed E-state index contributed by atoms with van der Waals surface area (Å²) in [6.45, 7) is 0.918. The van der Waals surface area contributed by atoms with E-state index in [1.54, 1.807) is 0 Å². The van der Waals surface area contributed by atoms with E-state index in [-0.39, 0.29) is 40.6 Å². The molecule has 166 valence electrons. The zero-order chi connectivity index (χ0) is 22.3. The number of aliphatic hydroxyl groups is 4. The van der Waals surface area contributed by atoms with E-state index in [1.807, 2.05) is 30.3 Å². The molecular formula is C22H24O9. The minimum Gasteiger partial charge on any atom is -0.507 e. The summed E-state index contributed by atoms with van der Waals surface area (Å²) in [6.07, 6.45) is -7.80. The van der Waals surface area contributed by atoms with Gasteiger partial charge in [-0.15, -0.1) is 0 Å². The van der Waals surface area contributed by atoms with Gasteiger partial charge in [-0.05, 0) is 12.5 Å². The van der Waals surface area contributed by atoms with Crippen LogP contribution < -0.4 is 9.47 Å². The number of hydrogen-bond acceptors (Lipinski definition) is 9. The third-order valence-corrected chi connectivity index (χ3v) is 5.65. The fourth-order valence-corrected chi connectivity index (χ4v) is 3.81. The Balaban J connectivity index is 1.65. The molecule has 9 heteroatoms. The van der Waals surface area contributed by atoms with Gasteiger partial charge in [0, 0.05) is 11.6 Å². The first-order valence-corrected chi connectivity index (χ1v) is 9.90. The molecule has 0 amide bonds. The lowest BCUT2D eigenvalue weighted by Crippen LogP contribution is -2.60. The van der Waals surface area contributed by atoms with Gasteiger partial charge in [-0.25, -0.2) is 0 Å². The van der Waals surface area contributed by atoms with Crippen LogP contribution in [0, 0.1) is 6.92 Å². The van der Waals surface area contributed by atoms with Gasteiger partial charge in [-0.1, -0.05) is 30.3 Å². The Bertz CT molecular complexity index is 959. The lowest BCUT2D eigenvalue weighted by molar-refractivity contribution is -0.277. The number of fused-ring (bicyclic) bond motifs is 1. The lowest BCUT2D eigenvalue weighted by Gasteiger charge is -2.39. The van der Waals surface area contributed by atoms with Crippen LogP contribution >= 0.6 is 0 Å². The molecule has 0 radical (unpaired) electrons. The first kappa shape index (κ1) is 21.5. The van der Waals surface area contributed by atoms with Crippen LogP contribution in [-0.2, 0) is 4.74 Å². The normalized spacial score (nSPS) is 30.4. The zero-order valence-corrected chi connectivity index (χ0v) is 16.7. The molecule has 0 aromatic heterocycles. The zero-order valence-electron chi connectivity index (χ0n) is 16.7. The van der Waals surface area contributed by atoms with Crippen molar-refractivity contribution >= 4 is 5.78 Å². The van der Waals surface area contributed by atoms with Gasteiger partial charge in [0.15, 0.2) is 5.78 Å². The summed E-state index contributed by atoms with van der Waals surface area (Å²) in [5.41, 5.74) is 1.06. The summed E-state index contributed by atoms with van der Waals surface area (Å²) in [5, 5.41) is 50.1. The van der Waals surface area contributed by atoms with Gasteiger partial charge in [0.05, 0.1) is 13.0 Å². The molecule has 2 heterocycles. The van der Waals surface area contributed by atoms with E-state index in [0.29, 0.717) is 0 Å². The molecule has 1 saturated heterocycles. The smallest absolute Gasteiger partial charge is 0.229 e. The number of phenols is 1. The fourth-order valence-electron chi connectivity index (χ4n) is 3.81. The predicted molar refractivity (Wildman–Crippen MR) is 106 cm³/mol. The standard InChI is InChI=1S/C22H24O9/c1-10-13(30-22-21(28)20(27)19(26)16(9-23)31-22)8-15-17(18(10)25)12(24)7-14(29-15)11-5-3-2-4-6-11/h2-6,8,14,16,19-23,25-28H,7,9H2,1H3/t14-,16+,19-,20-,21+,22+/m0/s1. The highest BCUT2D eigenvalue weighted by Crippen LogP contribution is 2.45. The number of carbonyl (C=O) groups excluding carboxylic acids is 1. The average molecular weight is 432 g/mol. The molecule has 6 atom stereocenters. The monoisotopic (exact) mass is 432 g/mol. The van der Waals surface area contributed by atoms with Crippen molar-refractivity contribution < 1.29 is 44.5 Å². The number of ketones is 1. The molecule has 0 unspecified atom stereocenters. The fraction of sp³-hybridized carbons (Fsp3) is 0.409. The number of phenolic OH excluding ortho intramolecular Hbond substituents is 1. The molecule has 9 nitrogen and oxygen atoms in total. The number of hydrogen-bond donors (Lipinski definition) is 5. The molecule has 0 bridgehead atoms. The van der Waals surface area contributed by atoms with E-state index in [0.717, 1.165) is 5.56 Å². The highest BCUT2D eigenvalue weighted by Gasteiger charge is 2.45. The summed E-state index contributed by atoms with van der Waals surface area (Å²) in [6, 6.07) is 10.6. The maximum atomic E-state index is 12.7. The molecular weight excluding hydrogens is 408 g/mol. The van der Waals surface area contributed by atoms with Gasteiger partial charge >= 0.3 is 0 Å². The largest absolute Gasteiger partial charge is 0.507 e. The third kappa shape index (κ3) is 3.86. The second kappa shape index (κ2) is 8.45. The molecule has 0 aliphatic carbocycles. The van der Waals surface area contributed by atoms with Crippen LogP contribution in [0.1, 0.15) is 34.0 Å². The molecule has 1 fully saturated rings. The number of ether oxygens (including phenoxy) is 3. The average Bonchev–Trinajstić information content (AvgIpc) is 2.77. The molecule has 2 aliphatic rings. The Hall–Kier alpha value is -2.69. The van der Waals surface area contributed by atoms with E-state index in [1.165, 1.54) is 13.0 Å². The van der Waals surface area contributed by atoms with Gasteiger partial charge in [0.25, 0.3) is 0 Å². The molecule has 0 spiro atoms. The van der Waals surface area contributed by atoms with Crippen molar-refractivity contribution in [2.24, 2.45) is 0 Å². The van der Waals surface area contributed by atoms with Crippen molar-refractivity contribution in [2.75, 3.05) is 6.61 Å². The Labute approximate surface area is 178 Å². The van der Waals surface area contributed by atoms with Crippen molar-refractivity contribution in [2.45, 2.75) is 50.2 Å².